The number of hydrogen-bond acceptors (Lipinski definition) is 5. The van der Waals surface area contributed by atoms with Crippen molar-refractivity contribution in [1.82, 2.24) is 9.80 Å². The molecule has 6 heteroatoms. The van der Waals surface area contributed by atoms with Gasteiger partial charge in [-0.25, -0.2) is 0 Å². The van der Waals surface area contributed by atoms with E-state index in [9.17, 15) is 4.79 Å². The highest BCUT2D eigenvalue weighted by Gasteiger charge is 2.16. The van der Waals surface area contributed by atoms with Crippen LogP contribution in [0.2, 0.25) is 0 Å². The van der Waals surface area contributed by atoms with Crippen LogP contribution in [0.25, 0.3) is 0 Å². The van der Waals surface area contributed by atoms with Gasteiger partial charge in [0.1, 0.15) is 0 Å². The highest BCUT2D eigenvalue weighted by molar-refractivity contribution is 5.69. The van der Waals surface area contributed by atoms with E-state index in [0.29, 0.717) is 19.8 Å². The molecule has 1 heterocycles. The predicted molar refractivity (Wildman–Crippen MR) is 67.8 cm³/mol. The van der Waals surface area contributed by atoms with E-state index in [-0.39, 0.29) is 6.54 Å². The molecule has 1 fully saturated rings. The largest absolute Gasteiger partial charge is 0.480 e. The van der Waals surface area contributed by atoms with Gasteiger partial charge < -0.3 is 14.6 Å². The second kappa shape index (κ2) is 9.27. The van der Waals surface area contributed by atoms with Crippen LogP contribution in [0.3, 0.4) is 0 Å². The van der Waals surface area contributed by atoms with Crippen LogP contribution in [-0.2, 0) is 14.3 Å². The number of nitrogens with zero attached hydrogens (tertiary/aromatic N) is 2. The molecule has 0 spiro atoms. The predicted octanol–water partition coefficient (Wildman–Crippen LogP) is -0.258. The summed E-state index contributed by atoms with van der Waals surface area (Å²) in [6.45, 7) is 6.66. The van der Waals surface area contributed by atoms with E-state index in [4.69, 9.17) is 14.6 Å². The van der Waals surface area contributed by atoms with Crippen LogP contribution < -0.4 is 0 Å². The second-order valence-corrected chi connectivity index (χ2v) is 4.47. The number of rotatable bonds is 8. The van der Waals surface area contributed by atoms with Crippen molar-refractivity contribution in [2.75, 3.05) is 66.2 Å². The van der Waals surface area contributed by atoms with Crippen LogP contribution >= 0.6 is 0 Å². The molecule has 18 heavy (non-hydrogen) atoms. The van der Waals surface area contributed by atoms with Gasteiger partial charge in [-0.1, -0.05) is 0 Å². The molecule has 106 valence electrons. The van der Waals surface area contributed by atoms with Crippen molar-refractivity contribution in [2.45, 2.75) is 6.42 Å². The Labute approximate surface area is 108 Å². The van der Waals surface area contributed by atoms with Gasteiger partial charge in [-0.15, -0.1) is 0 Å². The van der Waals surface area contributed by atoms with Gasteiger partial charge in [-0.2, -0.15) is 0 Å². The number of ether oxygens (including phenoxy) is 2. The first-order valence-electron chi connectivity index (χ1n) is 6.45. The van der Waals surface area contributed by atoms with Gasteiger partial charge in [0.15, 0.2) is 0 Å². The summed E-state index contributed by atoms with van der Waals surface area (Å²) in [5.41, 5.74) is 0. The van der Waals surface area contributed by atoms with Crippen LogP contribution in [0, 0.1) is 0 Å². The molecule has 0 atom stereocenters. The highest BCUT2D eigenvalue weighted by atomic mass is 16.5. The lowest BCUT2D eigenvalue weighted by atomic mass is 10.4. The van der Waals surface area contributed by atoms with Crippen molar-refractivity contribution in [3.05, 3.63) is 0 Å². The zero-order valence-electron chi connectivity index (χ0n) is 11.1. The Balaban J connectivity index is 2.11. The Morgan fingerprint density at radius 3 is 2.56 bits per heavy atom. The molecular formula is C12H24N2O4. The smallest absolute Gasteiger partial charge is 0.317 e. The Hall–Kier alpha value is -0.690. The van der Waals surface area contributed by atoms with E-state index in [1.54, 1.807) is 7.11 Å². The monoisotopic (exact) mass is 260 g/mol. The fourth-order valence-corrected chi connectivity index (χ4v) is 2.04. The molecule has 1 N–H and O–H groups in total. The molecule has 1 rings (SSSR count). The van der Waals surface area contributed by atoms with Crippen molar-refractivity contribution in [1.29, 1.82) is 0 Å². The number of carbonyl (C=O) groups is 1. The quantitative estimate of drug-likeness (QED) is 0.607. The molecule has 0 saturated carbocycles. The molecule has 0 amide bonds. The van der Waals surface area contributed by atoms with Crippen molar-refractivity contribution < 1.29 is 19.4 Å². The van der Waals surface area contributed by atoms with Crippen molar-refractivity contribution >= 4 is 5.97 Å². The van der Waals surface area contributed by atoms with Crippen molar-refractivity contribution in [2.24, 2.45) is 0 Å². The molecule has 1 saturated heterocycles. The lowest BCUT2D eigenvalue weighted by Gasteiger charge is -2.20. The second-order valence-electron chi connectivity index (χ2n) is 4.47. The third kappa shape index (κ3) is 6.90. The average Bonchev–Trinajstić information content (AvgIpc) is 2.54. The summed E-state index contributed by atoms with van der Waals surface area (Å²) >= 11 is 0. The summed E-state index contributed by atoms with van der Waals surface area (Å²) in [5.74, 6) is -0.744. The van der Waals surface area contributed by atoms with E-state index in [1.807, 2.05) is 4.90 Å². The minimum absolute atomic E-state index is 0.151. The third-order valence-electron chi connectivity index (χ3n) is 3.02. The number of methoxy groups -OCH3 is 1. The molecule has 1 aliphatic rings. The topological polar surface area (TPSA) is 62.2 Å². The van der Waals surface area contributed by atoms with Gasteiger partial charge in [0.05, 0.1) is 26.4 Å². The number of aliphatic carboxylic acids is 1. The van der Waals surface area contributed by atoms with Gasteiger partial charge in [0.25, 0.3) is 0 Å². The van der Waals surface area contributed by atoms with E-state index in [1.165, 1.54) is 0 Å². The minimum Gasteiger partial charge on any atom is -0.480 e. The number of carboxylic acid groups (broad SMARTS) is 1. The van der Waals surface area contributed by atoms with Crippen molar-refractivity contribution in [3.8, 4) is 0 Å². The fraction of sp³-hybridized carbons (Fsp3) is 0.917. The lowest BCUT2D eigenvalue weighted by molar-refractivity contribution is -0.138. The summed E-state index contributed by atoms with van der Waals surface area (Å²) in [6, 6.07) is 0. The van der Waals surface area contributed by atoms with Gasteiger partial charge in [0, 0.05) is 33.3 Å². The first kappa shape index (κ1) is 15.4. The van der Waals surface area contributed by atoms with E-state index >= 15 is 0 Å². The maximum Gasteiger partial charge on any atom is 0.317 e. The molecule has 0 unspecified atom stereocenters. The summed E-state index contributed by atoms with van der Waals surface area (Å²) in [5, 5.41) is 8.76. The molecular weight excluding hydrogens is 236 g/mol. The Kier molecular flexibility index (Phi) is 7.91. The fourth-order valence-electron chi connectivity index (χ4n) is 2.04. The SMILES string of the molecule is COCCOCCN1CCCN(CC(=O)O)CC1. The molecule has 0 bridgehead atoms. The van der Waals surface area contributed by atoms with Crippen LogP contribution in [0.1, 0.15) is 6.42 Å². The molecule has 0 aromatic heterocycles. The van der Waals surface area contributed by atoms with Gasteiger partial charge in [0.2, 0.25) is 0 Å². The van der Waals surface area contributed by atoms with Crippen LogP contribution in [-0.4, -0.2) is 87.1 Å². The van der Waals surface area contributed by atoms with Crippen molar-refractivity contribution in [3.63, 3.8) is 0 Å². The normalized spacial score (nSPS) is 18.7. The molecule has 0 aromatic carbocycles. The van der Waals surface area contributed by atoms with E-state index in [2.05, 4.69) is 4.90 Å². The molecule has 0 aliphatic carbocycles. The summed E-state index contributed by atoms with van der Waals surface area (Å²) in [4.78, 5) is 15.0. The van der Waals surface area contributed by atoms with Crippen LogP contribution in [0.15, 0.2) is 0 Å². The third-order valence-corrected chi connectivity index (χ3v) is 3.02. The lowest BCUT2D eigenvalue weighted by Crippen LogP contribution is -2.35. The first-order valence-corrected chi connectivity index (χ1v) is 6.45. The summed E-state index contributed by atoms with van der Waals surface area (Å²) in [7, 11) is 1.66. The maximum atomic E-state index is 10.6. The zero-order valence-corrected chi connectivity index (χ0v) is 11.1. The Morgan fingerprint density at radius 1 is 1.11 bits per heavy atom. The molecule has 1 aliphatic heterocycles. The summed E-state index contributed by atoms with van der Waals surface area (Å²) in [6.07, 6.45) is 1.02. The van der Waals surface area contributed by atoms with E-state index in [0.717, 1.165) is 39.1 Å². The zero-order chi connectivity index (χ0) is 13.2. The maximum absolute atomic E-state index is 10.6. The number of hydrogen-bond donors (Lipinski definition) is 1. The molecule has 0 aromatic rings. The van der Waals surface area contributed by atoms with Gasteiger partial charge in [-0.05, 0) is 13.0 Å². The molecule has 6 nitrogen and oxygen atoms in total. The number of carboxylic acids is 1. The molecule has 0 radical (unpaired) electrons. The minimum atomic E-state index is -0.744. The van der Waals surface area contributed by atoms with Gasteiger partial charge >= 0.3 is 5.97 Å². The van der Waals surface area contributed by atoms with E-state index < -0.39 is 5.97 Å². The average molecular weight is 260 g/mol. The highest BCUT2D eigenvalue weighted by Crippen LogP contribution is 2.02. The Morgan fingerprint density at radius 2 is 1.83 bits per heavy atom. The Bertz CT molecular complexity index is 238. The van der Waals surface area contributed by atoms with Crippen LogP contribution in [0.5, 0.6) is 0 Å². The standard InChI is InChI=1S/C12H24N2O4/c1-17-9-10-18-8-7-13-3-2-4-14(6-5-13)11-12(15)16/h2-11H2,1H3,(H,15,16). The summed E-state index contributed by atoms with van der Waals surface area (Å²) < 4.78 is 10.3. The van der Waals surface area contributed by atoms with Crippen LogP contribution in [0.4, 0.5) is 0 Å². The van der Waals surface area contributed by atoms with Gasteiger partial charge in [-0.3, -0.25) is 14.6 Å². The first-order chi connectivity index (χ1) is 8.72.